The van der Waals surface area contributed by atoms with Crippen LogP contribution in [-0.4, -0.2) is 44.9 Å². The zero-order valence-corrected chi connectivity index (χ0v) is 12.4. The summed E-state index contributed by atoms with van der Waals surface area (Å²) in [5.74, 6) is -0.179. The molecule has 0 spiro atoms. The van der Waals surface area contributed by atoms with Crippen molar-refractivity contribution in [2.24, 2.45) is 7.05 Å². The largest absolute Gasteiger partial charge is 0.396 e. The van der Waals surface area contributed by atoms with Gasteiger partial charge in [-0.05, 0) is 21.7 Å². The monoisotopic (exact) mass is 316 g/mol. The molecule has 0 aliphatic heterocycles. The van der Waals surface area contributed by atoms with Gasteiger partial charge in [-0.1, -0.05) is 11.3 Å². The molecule has 0 fully saturated rings. The molecule has 2 heterocycles. The van der Waals surface area contributed by atoms with Crippen molar-refractivity contribution in [3.05, 3.63) is 16.4 Å². The van der Waals surface area contributed by atoms with Gasteiger partial charge in [-0.15, -0.1) is 10.2 Å². The lowest BCUT2D eigenvalue weighted by Crippen LogP contribution is -2.06. The standard InChI is InChI=1S/C9H12N6O3S2/c1-14-5-11-6(15(16)17)7(14)19-9-13-12-8(20-9)10-3-4-18-2/h5H,3-4H2,1-2H3,(H,10,12). The van der Waals surface area contributed by atoms with Crippen LogP contribution >= 0.6 is 23.1 Å². The van der Waals surface area contributed by atoms with E-state index in [1.165, 1.54) is 29.4 Å². The van der Waals surface area contributed by atoms with Crippen LogP contribution in [0, 0.1) is 10.1 Å². The van der Waals surface area contributed by atoms with Crippen LogP contribution in [-0.2, 0) is 11.8 Å². The summed E-state index contributed by atoms with van der Waals surface area (Å²) in [5.41, 5.74) is 0. The third kappa shape index (κ3) is 3.43. The van der Waals surface area contributed by atoms with E-state index < -0.39 is 4.92 Å². The lowest BCUT2D eigenvalue weighted by atomic mass is 10.7. The van der Waals surface area contributed by atoms with E-state index in [0.29, 0.717) is 27.6 Å². The van der Waals surface area contributed by atoms with E-state index in [1.807, 2.05) is 0 Å². The second-order valence-electron chi connectivity index (χ2n) is 3.64. The Morgan fingerprint density at radius 1 is 1.60 bits per heavy atom. The van der Waals surface area contributed by atoms with E-state index in [0.717, 1.165) is 0 Å². The van der Waals surface area contributed by atoms with Crippen molar-refractivity contribution in [2.45, 2.75) is 9.37 Å². The Hall–Kier alpha value is -1.72. The molecule has 0 radical (unpaired) electrons. The highest BCUT2D eigenvalue weighted by Crippen LogP contribution is 2.36. The predicted octanol–water partition coefficient (Wildman–Crippen LogP) is 1.39. The molecule has 9 nitrogen and oxygen atoms in total. The van der Waals surface area contributed by atoms with Crippen LogP contribution in [0.1, 0.15) is 0 Å². The maximum absolute atomic E-state index is 10.9. The quantitative estimate of drug-likeness (QED) is 0.464. The number of nitrogens with zero attached hydrogens (tertiary/aromatic N) is 5. The molecule has 0 bridgehead atoms. The molecule has 0 aliphatic rings. The normalized spacial score (nSPS) is 10.7. The van der Waals surface area contributed by atoms with Crippen LogP contribution in [0.15, 0.2) is 15.7 Å². The van der Waals surface area contributed by atoms with Crippen molar-refractivity contribution in [1.82, 2.24) is 19.7 Å². The molecular weight excluding hydrogens is 304 g/mol. The maximum atomic E-state index is 10.9. The molecule has 2 rings (SSSR count). The summed E-state index contributed by atoms with van der Waals surface area (Å²) in [6.45, 7) is 1.19. The summed E-state index contributed by atoms with van der Waals surface area (Å²) < 4.78 is 7.11. The zero-order chi connectivity index (χ0) is 14.5. The number of aromatic nitrogens is 4. The summed E-state index contributed by atoms with van der Waals surface area (Å²) in [6, 6.07) is 0. The first-order valence-electron chi connectivity index (χ1n) is 5.51. The van der Waals surface area contributed by atoms with Gasteiger partial charge in [0.1, 0.15) is 0 Å². The van der Waals surface area contributed by atoms with Crippen LogP contribution < -0.4 is 5.32 Å². The number of nitro groups is 1. The number of ether oxygens (including phenoxy) is 1. The Labute approximate surface area is 122 Å². The molecule has 1 N–H and O–H groups in total. The van der Waals surface area contributed by atoms with Gasteiger partial charge < -0.3 is 24.7 Å². The molecule has 20 heavy (non-hydrogen) atoms. The Bertz CT molecular complexity index is 598. The fraction of sp³-hybridized carbons (Fsp3) is 0.444. The molecule has 2 aromatic rings. The van der Waals surface area contributed by atoms with Gasteiger partial charge in [0, 0.05) is 20.7 Å². The van der Waals surface area contributed by atoms with Crippen LogP contribution in [0.25, 0.3) is 0 Å². The smallest absolute Gasteiger partial charge is 0.383 e. The Morgan fingerprint density at radius 3 is 3.10 bits per heavy atom. The minimum absolute atomic E-state index is 0.179. The Morgan fingerprint density at radius 2 is 2.40 bits per heavy atom. The molecule has 0 saturated carbocycles. The van der Waals surface area contributed by atoms with E-state index in [2.05, 4.69) is 20.5 Å². The van der Waals surface area contributed by atoms with Gasteiger partial charge in [0.25, 0.3) is 0 Å². The number of imidazole rings is 1. The van der Waals surface area contributed by atoms with Crippen LogP contribution in [0.4, 0.5) is 10.9 Å². The first-order valence-corrected chi connectivity index (χ1v) is 7.15. The average Bonchev–Trinajstić information content (AvgIpc) is 2.99. The van der Waals surface area contributed by atoms with E-state index in [-0.39, 0.29) is 5.82 Å². The SMILES string of the molecule is COCCNc1nnc(Sc2c([N+](=O)[O-])ncn2C)s1. The molecule has 108 valence electrons. The molecule has 0 unspecified atom stereocenters. The van der Waals surface area contributed by atoms with Gasteiger partial charge in [-0.2, -0.15) is 0 Å². The minimum atomic E-state index is -0.513. The van der Waals surface area contributed by atoms with Crippen molar-refractivity contribution in [2.75, 3.05) is 25.6 Å². The number of aryl methyl sites for hydroxylation is 1. The van der Waals surface area contributed by atoms with Crippen molar-refractivity contribution < 1.29 is 9.66 Å². The fourth-order valence-electron chi connectivity index (χ4n) is 1.31. The summed E-state index contributed by atoms with van der Waals surface area (Å²) in [5, 5.41) is 22.9. The summed E-state index contributed by atoms with van der Waals surface area (Å²) >= 11 is 2.49. The predicted molar refractivity (Wildman–Crippen MR) is 74.3 cm³/mol. The van der Waals surface area contributed by atoms with Crippen molar-refractivity contribution in [1.29, 1.82) is 0 Å². The minimum Gasteiger partial charge on any atom is -0.383 e. The molecule has 2 aromatic heterocycles. The fourth-order valence-corrected chi connectivity index (χ4v) is 3.11. The molecule has 11 heteroatoms. The molecule has 0 aromatic carbocycles. The first-order chi connectivity index (χ1) is 9.61. The van der Waals surface area contributed by atoms with Gasteiger partial charge in [-0.25, -0.2) is 0 Å². The number of methoxy groups -OCH3 is 1. The van der Waals surface area contributed by atoms with Gasteiger partial charge in [-0.3, -0.25) is 0 Å². The summed E-state index contributed by atoms with van der Waals surface area (Å²) in [7, 11) is 3.31. The molecule has 0 amide bonds. The number of anilines is 1. The number of nitrogens with one attached hydrogen (secondary N) is 1. The lowest BCUT2D eigenvalue weighted by molar-refractivity contribution is -0.392. The highest BCUT2D eigenvalue weighted by molar-refractivity contribution is 8.01. The highest BCUT2D eigenvalue weighted by atomic mass is 32.2. The van der Waals surface area contributed by atoms with Gasteiger partial charge >= 0.3 is 5.82 Å². The van der Waals surface area contributed by atoms with Crippen molar-refractivity contribution in [3.63, 3.8) is 0 Å². The topological polar surface area (TPSA) is 108 Å². The van der Waals surface area contributed by atoms with E-state index >= 15 is 0 Å². The second kappa shape index (κ2) is 6.63. The summed E-state index contributed by atoms with van der Waals surface area (Å²) in [4.78, 5) is 14.1. The van der Waals surface area contributed by atoms with Gasteiger partial charge in [0.05, 0.1) is 6.61 Å². The van der Waals surface area contributed by atoms with Crippen molar-refractivity contribution >= 4 is 34.0 Å². The van der Waals surface area contributed by atoms with Crippen LogP contribution in [0.5, 0.6) is 0 Å². The first kappa shape index (κ1) is 14.7. The third-order valence-electron chi connectivity index (χ3n) is 2.21. The molecule has 0 saturated heterocycles. The molecule has 0 aliphatic carbocycles. The van der Waals surface area contributed by atoms with E-state index in [4.69, 9.17) is 4.74 Å². The molecule has 0 atom stereocenters. The molecular formula is C9H12N6O3S2. The maximum Gasteiger partial charge on any atom is 0.396 e. The average molecular weight is 316 g/mol. The number of rotatable bonds is 7. The lowest BCUT2D eigenvalue weighted by Gasteiger charge is -1.99. The Balaban J connectivity index is 2.07. The van der Waals surface area contributed by atoms with E-state index in [9.17, 15) is 10.1 Å². The number of hydrogen-bond donors (Lipinski definition) is 1. The summed E-state index contributed by atoms with van der Waals surface area (Å²) in [6.07, 6.45) is 1.40. The zero-order valence-electron chi connectivity index (χ0n) is 10.8. The van der Waals surface area contributed by atoms with Crippen LogP contribution in [0.3, 0.4) is 0 Å². The van der Waals surface area contributed by atoms with E-state index in [1.54, 1.807) is 18.7 Å². The third-order valence-corrected chi connectivity index (χ3v) is 4.31. The number of hydrogen-bond acceptors (Lipinski definition) is 9. The van der Waals surface area contributed by atoms with Crippen molar-refractivity contribution in [3.8, 4) is 0 Å². The Kier molecular flexibility index (Phi) is 4.87. The highest BCUT2D eigenvalue weighted by Gasteiger charge is 2.22. The van der Waals surface area contributed by atoms with Gasteiger partial charge in [0.2, 0.25) is 11.5 Å². The van der Waals surface area contributed by atoms with Gasteiger partial charge in [0.15, 0.2) is 9.37 Å². The van der Waals surface area contributed by atoms with Crippen LogP contribution in [0.2, 0.25) is 0 Å². The second-order valence-corrected chi connectivity index (χ2v) is 5.85.